The molecule has 5 heterocycles. The average Bonchev–Trinajstić information content (AvgIpc) is 3.93. The fourth-order valence-electron chi connectivity index (χ4n) is 10.8. The van der Waals surface area contributed by atoms with Gasteiger partial charge in [-0.15, -0.1) is 0 Å². The van der Waals surface area contributed by atoms with E-state index < -0.39 is 11.9 Å². The second kappa shape index (κ2) is 15.7. The van der Waals surface area contributed by atoms with Gasteiger partial charge in [-0.25, -0.2) is 0 Å². The van der Waals surface area contributed by atoms with Gasteiger partial charge in [-0.2, -0.15) is 5.26 Å². The van der Waals surface area contributed by atoms with Crippen LogP contribution in [-0.4, -0.2) is 90.4 Å². The van der Waals surface area contributed by atoms with Gasteiger partial charge in [0.25, 0.3) is 11.8 Å². The minimum Gasteiger partial charge on any atom is -0.489 e. The van der Waals surface area contributed by atoms with Crippen LogP contribution in [0.4, 0.5) is 5.69 Å². The zero-order valence-electron chi connectivity index (χ0n) is 35.0. The lowest BCUT2D eigenvalue weighted by Crippen LogP contribution is -2.74. The third-order valence-electron chi connectivity index (χ3n) is 13.7. The Labute approximate surface area is 360 Å². The molecule has 14 heteroatoms. The molecule has 1 aliphatic carbocycles. The number of hydrogen-bond donors (Lipinski definition) is 2. The molecule has 2 atom stereocenters. The molecule has 2 N–H and O–H groups in total. The lowest BCUT2D eigenvalue weighted by atomic mass is 9.49. The van der Waals surface area contributed by atoms with Gasteiger partial charge in [-0.05, 0) is 80.1 Å². The Morgan fingerprint density at radius 2 is 1.67 bits per heavy atom. The van der Waals surface area contributed by atoms with E-state index in [1.807, 2.05) is 36.4 Å². The number of nitrogens with zero attached hydrogens (tertiary/aromatic N) is 4. The van der Waals surface area contributed by atoms with Gasteiger partial charge >= 0.3 is 0 Å². The van der Waals surface area contributed by atoms with Crippen LogP contribution in [0.25, 0.3) is 11.0 Å². The van der Waals surface area contributed by atoms with Crippen LogP contribution in [0.2, 0.25) is 5.02 Å². The number of furan rings is 1. The van der Waals surface area contributed by atoms with Gasteiger partial charge in [0.05, 0.1) is 17.1 Å². The number of amides is 4. The lowest BCUT2D eigenvalue weighted by Gasteiger charge is -2.63. The van der Waals surface area contributed by atoms with Crippen molar-refractivity contribution in [1.29, 1.82) is 5.26 Å². The Morgan fingerprint density at radius 3 is 2.38 bits per heavy atom. The van der Waals surface area contributed by atoms with E-state index >= 15 is 0 Å². The molecule has 4 aromatic rings. The summed E-state index contributed by atoms with van der Waals surface area (Å²) in [6, 6.07) is 19.9. The summed E-state index contributed by atoms with van der Waals surface area (Å²) in [5.41, 5.74) is 2.81. The Morgan fingerprint density at radius 1 is 0.934 bits per heavy atom. The Kier molecular flexibility index (Phi) is 10.5. The van der Waals surface area contributed by atoms with Crippen LogP contribution in [0.5, 0.6) is 11.5 Å². The lowest BCUT2D eigenvalue weighted by molar-refractivity contribution is -0.164. The first-order valence-corrected chi connectivity index (χ1v) is 21.7. The van der Waals surface area contributed by atoms with Gasteiger partial charge in [0.2, 0.25) is 11.8 Å². The molecule has 0 bridgehead atoms. The quantitative estimate of drug-likeness (QED) is 0.165. The molecular weight excluding hydrogens is 796 g/mol. The molecule has 1 unspecified atom stereocenters. The molecule has 5 aliphatic rings. The van der Waals surface area contributed by atoms with Crippen LogP contribution in [0.1, 0.15) is 91.8 Å². The smallest absolute Gasteiger partial charge is 0.290 e. The zero-order valence-corrected chi connectivity index (χ0v) is 35.7. The summed E-state index contributed by atoms with van der Waals surface area (Å²) in [5, 5.41) is 16.1. The summed E-state index contributed by atoms with van der Waals surface area (Å²) in [6.07, 6.45) is 3.54. The maximum Gasteiger partial charge on any atom is 0.290 e. The van der Waals surface area contributed by atoms with Gasteiger partial charge in [0.1, 0.15) is 41.4 Å². The largest absolute Gasteiger partial charge is 0.489 e. The fraction of sp³-hybridized carbons (Fsp3) is 0.468. The van der Waals surface area contributed by atoms with E-state index in [0.717, 1.165) is 74.4 Å². The molecule has 1 saturated carbocycles. The van der Waals surface area contributed by atoms with E-state index in [4.69, 9.17) is 25.5 Å². The van der Waals surface area contributed by atoms with E-state index in [9.17, 15) is 24.4 Å². The number of nitrogens with one attached hydrogen (secondary N) is 2. The first-order valence-electron chi connectivity index (χ1n) is 21.3. The summed E-state index contributed by atoms with van der Waals surface area (Å²) in [4.78, 5) is 57.2. The minimum absolute atomic E-state index is 0.0869. The molecule has 0 radical (unpaired) electrons. The molecule has 9 rings (SSSR count). The third kappa shape index (κ3) is 7.58. The highest BCUT2D eigenvalue weighted by Crippen LogP contribution is 2.55. The van der Waals surface area contributed by atoms with Crippen LogP contribution in [0, 0.1) is 28.1 Å². The summed E-state index contributed by atoms with van der Waals surface area (Å²) in [5.74, 6) is 1.05. The van der Waals surface area contributed by atoms with E-state index in [1.54, 1.807) is 18.2 Å². The zero-order chi connectivity index (χ0) is 42.8. The molecule has 61 heavy (non-hydrogen) atoms. The average molecular weight is 847 g/mol. The topological polar surface area (TPSA) is 157 Å². The minimum atomic E-state index is -0.664. The van der Waals surface area contributed by atoms with E-state index in [2.05, 4.69) is 60.3 Å². The van der Waals surface area contributed by atoms with Crippen molar-refractivity contribution >= 4 is 51.9 Å². The van der Waals surface area contributed by atoms with Gasteiger partial charge < -0.3 is 29.0 Å². The second-order valence-electron chi connectivity index (χ2n) is 18.5. The molecule has 4 fully saturated rings. The van der Waals surface area contributed by atoms with Crippen LogP contribution < -0.4 is 25.0 Å². The number of hydrogen-bond acceptors (Lipinski definition) is 10. The highest BCUT2D eigenvalue weighted by Gasteiger charge is 2.64. The maximum absolute atomic E-state index is 13.5. The number of fused-ring (bicyclic) bond motifs is 3. The first kappa shape index (κ1) is 40.8. The van der Waals surface area contributed by atoms with Gasteiger partial charge in [0, 0.05) is 90.3 Å². The molecule has 3 aromatic carbocycles. The van der Waals surface area contributed by atoms with Gasteiger partial charge in [-0.3, -0.25) is 29.4 Å². The molecule has 13 nitrogen and oxygen atoms in total. The van der Waals surface area contributed by atoms with Crippen molar-refractivity contribution in [2.45, 2.75) is 90.6 Å². The van der Waals surface area contributed by atoms with Gasteiger partial charge in [0.15, 0.2) is 5.76 Å². The summed E-state index contributed by atoms with van der Waals surface area (Å²) >= 11 is 6.25. The summed E-state index contributed by atoms with van der Waals surface area (Å²) in [7, 11) is 0. The number of halogens is 1. The number of rotatable bonds is 10. The van der Waals surface area contributed by atoms with Crippen molar-refractivity contribution < 1.29 is 33.1 Å². The molecule has 3 saturated heterocycles. The number of nitriles is 1. The fourth-order valence-corrected chi connectivity index (χ4v) is 11.0. The molecule has 4 aliphatic heterocycles. The van der Waals surface area contributed by atoms with Crippen molar-refractivity contribution in [3.8, 4) is 17.6 Å². The SMILES string of the molecule is CC1(C)C(NC(=O)c2ccc(O[C@H]3CCN(CC4CCN(c5ccc6c7c(oc6c5)C(=O)N(C5CCC(=O)NC5=O)C7)CC4)C3)cc2)C(C)(C)C1Oc1ccc(C#N)c(Cl)c1. The Balaban J connectivity index is 0.725. The predicted octanol–water partition coefficient (Wildman–Crippen LogP) is 6.70. The van der Waals surface area contributed by atoms with Crippen molar-refractivity contribution in [3.63, 3.8) is 0 Å². The predicted molar refractivity (Wildman–Crippen MR) is 229 cm³/mol. The second-order valence-corrected chi connectivity index (χ2v) is 18.9. The molecule has 1 aromatic heterocycles. The molecule has 0 spiro atoms. The monoisotopic (exact) mass is 846 g/mol. The number of benzene rings is 3. The van der Waals surface area contributed by atoms with E-state index in [-0.39, 0.29) is 59.0 Å². The standard InChI is InChI=1S/C47H51ClN6O7/c1-46(2)44(47(3,4)45(46)60-32-11-7-29(23-49)36(48)22-32)51-41(56)28-5-9-31(10-6-28)59-33-17-18-52(25-33)24-27-15-19-53(20-16-27)30-8-12-34-35-26-54(37-13-14-39(55)50-42(37)57)43(58)40(35)61-38(34)21-30/h5-12,21-22,27,33,37,44-45H,13-20,24-26H2,1-4H3,(H,51,56)(H,50,55,57)/t33-,37?,44?,45?/m0/s1. The number of carbonyl (C=O) groups is 4. The molecular formula is C47H51ClN6O7. The highest BCUT2D eigenvalue weighted by atomic mass is 35.5. The van der Waals surface area contributed by atoms with Crippen LogP contribution in [0.15, 0.2) is 65.1 Å². The normalized spacial score (nSPS) is 24.9. The molecule has 318 valence electrons. The van der Waals surface area contributed by atoms with Crippen molar-refractivity contribution in [3.05, 3.63) is 88.1 Å². The Hall–Kier alpha value is -5.58. The Bertz CT molecular complexity index is 2430. The van der Waals surface area contributed by atoms with Gasteiger partial charge in [-0.1, -0.05) is 39.3 Å². The van der Waals surface area contributed by atoms with E-state index in [0.29, 0.717) is 46.4 Å². The summed E-state index contributed by atoms with van der Waals surface area (Å²) in [6.45, 7) is 13.4. The number of likely N-dealkylation sites (tertiary alicyclic amines) is 1. The van der Waals surface area contributed by atoms with Crippen LogP contribution in [-0.2, 0) is 16.1 Å². The van der Waals surface area contributed by atoms with Crippen molar-refractivity contribution in [1.82, 2.24) is 20.4 Å². The van der Waals surface area contributed by atoms with Crippen molar-refractivity contribution in [2.75, 3.05) is 37.6 Å². The van der Waals surface area contributed by atoms with E-state index in [1.165, 1.54) is 4.90 Å². The number of piperidine rings is 2. The first-order chi connectivity index (χ1) is 29.2. The van der Waals surface area contributed by atoms with Crippen molar-refractivity contribution in [2.24, 2.45) is 16.7 Å². The highest BCUT2D eigenvalue weighted by molar-refractivity contribution is 6.31. The summed E-state index contributed by atoms with van der Waals surface area (Å²) < 4.78 is 18.9. The molecule has 4 amide bonds. The van der Waals surface area contributed by atoms with Crippen LogP contribution in [0.3, 0.4) is 0 Å². The third-order valence-corrected chi connectivity index (χ3v) is 14.0. The number of anilines is 1. The number of ether oxygens (including phenoxy) is 2. The number of imide groups is 1. The maximum atomic E-state index is 13.5. The van der Waals surface area contributed by atoms with Crippen LogP contribution >= 0.6 is 11.6 Å². The number of carbonyl (C=O) groups excluding carboxylic acids is 4.